The number of hydrogen-bond donors (Lipinski definition) is 0. The second-order valence-corrected chi connectivity index (χ2v) is 6.82. The maximum Gasteiger partial charge on any atom is 0.235 e. The van der Waals surface area contributed by atoms with Crippen molar-refractivity contribution >= 4 is 19.7 Å². The highest BCUT2D eigenvalue weighted by Crippen LogP contribution is 2.32. The molecule has 2 nitrogen and oxygen atoms in total. The van der Waals surface area contributed by atoms with E-state index in [0.29, 0.717) is 0 Å². The first-order valence-electron chi connectivity index (χ1n) is 4.97. The lowest BCUT2D eigenvalue weighted by Gasteiger charge is -2.26. The Morgan fingerprint density at radius 2 is 1.77 bits per heavy atom. The van der Waals surface area contributed by atoms with E-state index in [1.165, 1.54) is 12.8 Å². The van der Waals surface area contributed by atoms with Gasteiger partial charge in [-0.05, 0) is 31.6 Å². The molecule has 0 aromatic carbocycles. The molecule has 0 aromatic heterocycles. The minimum Gasteiger partial charge on any atom is -0.212 e. The Balaban J connectivity index is 2.39. The molecule has 78 valence electrons. The second kappa shape index (κ2) is 4.65. The minimum absolute atomic E-state index is 0.276. The topological polar surface area (TPSA) is 34.1 Å². The normalized spacial score (nSPS) is 30.3. The summed E-state index contributed by atoms with van der Waals surface area (Å²) in [4.78, 5) is 0. The average Bonchev–Trinajstić information content (AvgIpc) is 2.04. The van der Waals surface area contributed by atoms with Crippen LogP contribution in [-0.4, -0.2) is 13.7 Å². The van der Waals surface area contributed by atoms with Gasteiger partial charge in [-0.3, -0.25) is 0 Å². The number of rotatable bonds is 3. The van der Waals surface area contributed by atoms with Gasteiger partial charge in [0.05, 0.1) is 5.25 Å². The predicted octanol–water partition coefficient (Wildman–Crippen LogP) is 2.91. The fourth-order valence-corrected chi connectivity index (χ4v) is 3.48. The van der Waals surface area contributed by atoms with Crippen LogP contribution in [0.2, 0.25) is 0 Å². The summed E-state index contributed by atoms with van der Waals surface area (Å²) in [6.07, 6.45) is 6.01. The fraction of sp³-hybridized carbons (Fsp3) is 1.00. The summed E-state index contributed by atoms with van der Waals surface area (Å²) < 4.78 is 22.0. The molecule has 0 heterocycles. The Kier molecular flexibility index (Phi) is 4.05. The van der Waals surface area contributed by atoms with Crippen molar-refractivity contribution < 1.29 is 8.42 Å². The van der Waals surface area contributed by atoms with E-state index in [4.69, 9.17) is 10.7 Å². The molecule has 0 spiro atoms. The minimum atomic E-state index is -3.29. The van der Waals surface area contributed by atoms with Crippen LogP contribution >= 0.6 is 10.7 Å². The van der Waals surface area contributed by atoms with Crippen LogP contribution < -0.4 is 0 Å². The highest BCUT2D eigenvalue weighted by atomic mass is 35.7. The summed E-state index contributed by atoms with van der Waals surface area (Å²) in [5.74, 6) is 0.736. The lowest BCUT2D eigenvalue weighted by Crippen LogP contribution is -2.23. The lowest BCUT2D eigenvalue weighted by molar-refractivity contribution is 0.337. The van der Waals surface area contributed by atoms with Gasteiger partial charge in [-0.1, -0.05) is 19.8 Å². The van der Waals surface area contributed by atoms with Crippen molar-refractivity contribution in [2.75, 3.05) is 0 Å². The van der Waals surface area contributed by atoms with E-state index >= 15 is 0 Å². The van der Waals surface area contributed by atoms with Crippen LogP contribution in [0.5, 0.6) is 0 Å². The van der Waals surface area contributed by atoms with E-state index < -0.39 is 9.05 Å². The second-order valence-electron chi connectivity index (χ2n) is 3.91. The molecule has 4 heteroatoms. The number of halogens is 1. The van der Waals surface area contributed by atoms with Crippen LogP contribution in [0.25, 0.3) is 0 Å². The van der Waals surface area contributed by atoms with Crippen LogP contribution in [0.1, 0.15) is 45.4 Å². The molecule has 0 unspecified atom stereocenters. The van der Waals surface area contributed by atoms with Gasteiger partial charge in [-0.25, -0.2) is 8.42 Å². The molecule has 0 atom stereocenters. The highest BCUT2D eigenvalue weighted by Gasteiger charge is 2.28. The van der Waals surface area contributed by atoms with Crippen molar-refractivity contribution in [2.45, 2.75) is 50.7 Å². The summed E-state index contributed by atoms with van der Waals surface area (Å²) >= 11 is 0. The number of hydrogen-bond acceptors (Lipinski definition) is 2. The van der Waals surface area contributed by atoms with Crippen LogP contribution in [0, 0.1) is 5.92 Å². The molecule has 0 amide bonds. The van der Waals surface area contributed by atoms with Gasteiger partial charge >= 0.3 is 0 Å². The lowest BCUT2D eigenvalue weighted by atomic mass is 9.86. The molecule has 0 radical (unpaired) electrons. The van der Waals surface area contributed by atoms with Crippen molar-refractivity contribution in [3.05, 3.63) is 0 Å². The molecule has 1 saturated carbocycles. The van der Waals surface area contributed by atoms with E-state index in [9.17, 15) is 8.42 Å². The molecular weight excluding hydrogens is 208 g/mol. The van der Waals surface area contributed by atoms with Crippen LogP contribution in [0.4, 0.5) is 0 Å². The van der Waals surface area contributed by atoms with E-state index in [1.807, 2.05) is 0 Å². The molecule has 1 fully saturated rings. The third-order valence-corrected chi connectivity index (χ3v) is 4.91. The molecule has 0 N–H and O–H groups in total. The molecular formula is C9H17ClO2S. The van der Waals surface area contributed by atoms with Crippen molar-refractivity contribution in [3.63, 3.8) is 0 Å². The largest absolute Gasteiger partial charge is 0.235 e. The van der Waals surface area contributed by atoms with Crippen LogP contribution in [-0.2, 0) is 9.05 Å². The third kappa shape index (κ3) is 3.47. The SMILES string of the molecule is CCCC1CCC(S(=O)(=O)Cl)CC1. The van der Waals surface area contributed by atoms with Crippen molar-refractivity contribution in [3.8, 4) is 0 Å². The maximum absolute atomic E-state index is 11.0. The van der Waals surface area contributed by atoms with Crippen LogP contribution in [0.3, 0.4) is 0 Å². The van der Waals surface area contributed by atoms with Crippen LogP contribution in [0.15, 0.2) is 0 Å². The molecule has 0 saturated heterocycles. The zero-order chi connectivity index (χ0) is 9.90. The Morgan fingerprint density at radius 1 is 1.23 bits per heavy atom. The monoisotopic (exact) mass is 224 g/mol. The maximum atomic E-state index is 11.0. The zero-order valence-electron chi connectivity index (χ0n) is 8.00. The summed E-state index contributed by atoms with van der Waals surface area (Å²) in [7, 11) is 2.02. The van der Waals surface area contributed by atoms with Gasteiger partial charge < -0.3 is 0 Å². The summed E-state index contributed by atoms with van der Waals surface area (Å²) in [6.45, 7) is 2.17. The molecule has 13 heavy (non-hydrogen) atoms. The molecule has 1 rings (SSSR count). The highest BCUT2D eigenvalue weighted by molar-refractivity contribution is 8.14. The van der Waals surface area contributed by atoms with Gasteiger partial charge in [-0.2, -0.15) is 0 Å². The van der Waals surface area contributed by atoms with E-state index in [0.717, 1.165) is 31.6 Å². The van der Waals surface area contributed by atoms with Gasteiger partial charge in [0.15, 0.2) is 0 Å². The first kappa shape index (κ1) is 11.3. The summed E-state index contributed by atoms with van der Waals surface area (Å²) in [5, 5.41) is -0.276. The first-order chi connectivity index (χ1) is 6.04. The Bertz CT molecular complexity index is 240. The molecule has 0 aromatic rings. The van der Waals surface area contributed by atoms with Crippen molar-refractivity contribution in [1.82, 2.24) is 0 Å². The smallest absolute Gasteiger partial charge is 0.212 e. The quantitative estimate of drug-likeness (QED) is 0.691. The molecule has 1 aliphatic rings. The standard InChI is InChI=1S/C9H17ClO2S/c1-2-3-8-4-6-9(7-5-8)13(10,11)12/h8-9H,2-7H2,1H3. The van der Waals surface area contributed by atoms with E-state index in [1.54, 1.807) is 0 Å². The van der Waals surface area contributed by atoms with Gasteiger partial charge in [0, 0.05) is 10.7 Å². The molecule has 0 aliphatic heterocycles. The third-order valence-electron chi connectivity index (χ3n) is 2.89. The zero-order valence-corrected chi connectivity index (χ0v) is 9.57. The molecule has 0 bridgehead atoms. The van der Waals surface area contributed by atoms with Gasteiger partial charge in [-0.15, -0.1) is 0 Å². The predicted molar refractivity (Wildman–Crippen MR) is 55.4 cm³/mol. The van der Waals surface area contributed by atoms with Crippen molar-refractivity contribution in [2.24, 2.45) is 5.92 Å². The Hall–Kier alpha value is 0.240. The molecule has 1 aliphatic carbocycles. The fourth-order valence-electron chi connectivity index (χ4n) is 2.11. The van der Waals surface area contributed by atoms with Gasteiger partial charge in [0.2, 0.25) is 9.05 Å². The Morgan fingerprint density at radius 3 is 2.15 bits per heavy atom. The van der Waals surface area contributed by atoms with E-state index in [-0.39, 0.29) is 5.25 Å². The first-order valence-corrected chi connectivity index (χ1v) is 7.34. The Labute approximate surface area is 85.1 Å². The summed E-state index contributed by atoms with van der Waals surface area (Å²) in [6, 6.07) is 0. The summed E-state index contributed by atoms with van der Waals surface area (Å²) in [5.41, 5.74) is 0. The van der Waals surface area contributed by atoms with Gasteiger partial charge in [0.1, 0.15) is 0 Å². The van der Waals surface area contributed by atoms with E-state index in [2.05, 4.69) is 6.92 Å². The van der Waals surface area contributed by atoms with Crippen molar-refractivity contribution in [1.29, 1.82) is 0 Å². The average molecular weight is 225 g/mol. The van der Waals surface area contributed by atoms with Gasteiger partial charge in [0.25, 0.3) is 0 Å².